The minimum atomic E-state index is -4.03. The number of hydrogen-bond donors (Lipinski definition) is 1. The van der Waals surface area contributed by atoms with Gasteiger partial charge in [-0.2, -0.15) is 13.2 Å². The molecule has 0 aromatic carbocycles. The highest BCUT2D eigenvalue weighted by atomic mass is 19.4. The molecular weight excluding hydrogens is 203 g/mol. The predicted octanol–water partition coefficient (Wildman–Crippen LogP) is 3.50. The summed E-state index contributed by atoms with van der Waals surface area (Å²) in [6.07, 6.45) is 1.37. The van der Waals surface area contributed by atoms with Crippen molar-refractivity contribution in [2.24, 2.45) is 5.92 Å². The Balaban J connectivity index is 2.05. The summed E-state index contributed by atoms with van der Waals surface area (Å²) >= 11 is 0. The number of hydrogen-bond acceptors (Lipinski definition) is 1. The largest absolute Gasteiger partial charge is 0.390 e. The van der Waals surface area contributed by atoms with Crippen molar-refractivity contribution >= 4 is 0 Å². The van der Waals surface area contributed by atoms with Gasteiger partial charge < -0.3 is 5.32 Å². The van der Waals surface area contributed by atoms with Crippen LogP contribution in [0.4, 0.5) is 13.2 Å². The van der Waals surface area contributed by atoms with Gasteiger partial charge in [-0.25, -0.2) is 0 Å². The summed E-state index contributed by atoms with van der Waals surface area (Å²) in [5, 5.41) is 2.95. The van der Waals surface area contributed by atoms with Crippen LogP contribution in [0.3, 0.4) is 0 Å². The fourth-order valence-electron chi connectivity index (χ4n) is 2.29. The molecule has 1 saturated carbocycles. The van der Waals surface area contributed by atoms with Gasteiger partial charge in [-0.1, -0.05) is 25.7 Å². The molecule has 0 radical (unpaired) electrons. The van der Waals surface area contributed by atoms with E-state index in [0.717, 1.165) is 12.3 Å². The van der Waals surface area contributed by atoms with E-state index >= 15 is 0 Å². The maximum absolute atomic E-state index is 11.9. The van der Waals surface area contributed by atoms with E-state index < -0.39 is 12.6 Å². The van der Waals surface area contributed by atoms with Crippen LogP contribution in [0.1, 0.15) is 45.4 Å². The Bertz CT molecular complexity index is 173. The quantitative estimate of drug-likeness (QED) is 0.752. The van der Waals surface area contributed by atoms with E-state index in [4.69, 9.17) is 0 Å². The van der Waals surface area contributed by atoms with Crippen molar-refractivity contribution in [3.63, 3.8) is 0 Å². The molecular formula is C11H20F3N. The fourth-order valence-corrected chi connectivity index (χ4v) is 2.29. The molecule has 0 amide bonds. The van der Waals surface area contributed by atoms with Crippen LogP contribution in [0.5, 0.6) is 0 Å². The van der Waals surface area contributed by atoms with Crippen molar-refractivity contribution in [1.82, 2.24) is 5.32 Å². The second kappa shape index (κ2) is 5.73. The summed E-state index contributed by atoms with van der Waals surface area (Å²) in [6.45, 7) is 2.03. The van der Waals surface area contributed by atoms with Gasteiger partial charge in [-0.05, 0) is 19.3 Å². The van der Waals surface area contributed by atoms with Gasteiger partial charge in [-0.15, -0.1) is 0 Å². The molecule has 0 aromatic heterocycles. The van der Waals surface area contributed by atoms with Crippen LogP contribution < -0.4 is 5.32 Å². The summed E-state index contributed by atoms with van der Waals surface area (Å²) in [7, 11) is 0. The van der Waals surface area contributed by atoms with Gasteiger partial charge in [0.1, 0.15) is 0 Å². The van der Waals surface area contributed by atoms with E-state index in [1.807, 2.05) is 6.92 Å². The van der Waals surface area contributed by atoms with E-state index in [2.05, 4.69) is 5.32 Å². The van der Waals surface area contributed by atoms with Gasteiger partial charge in [0.05, 0.1) is 6.42 Å². The lowest BCUT2D eigenvalue weighted by Crippen LogP contribution is -2.31. The minimum Gasteiger partial charge on any atom is -0.314 e. The first-order valence-electron chi connectivity index (χ1n) is 5.77. The Morgan fingerprint density at radius 2 is 1.87 bits per heavy atom. The second-order valence-electron chi connectivity index (χ2n) is 4.61. The van der Waals surface area contributed by atoms with Gasteiger partial charge >= 0.3 is 6.18 Å². The Morgan fingerprint density at radius 3 is 2.40 bits per heavy atom. The van der Waals surface area contributed by atoms with Crippen molar-refractivity contribution in [2.45, 2.75) is 57.7 Å². The number of halogens is 3. The molecule has 1 aliphatic rings. The molecule has 1 N–H and O–H groups in total. The third kappa shape index (κ3) is 6.03. The highest BCUT2D eigenvalue weighted by Gasteiger charge is 2.26. The molecule has 0 saturated heterocycles. The number of rotatable bonds is 5. The van der Waals surface area contributed by atoms with E-state index in [1.165, 1.54) is 25.7 Å². The highest BCUT2D eigenvalue weighted by molar-refractivity contribution is 4.73. The minimum absolute atomic E-state index is 0.0530. The van der Waals surface area contributed by atoms with Crippen LogP contribution in [0.2, 0.25) is 0 Å². The van der Waals surface area contributed by atoms with Crippen LogP contribution in [-0.2, 0) is 0 Å². The molecule has 4 heteroatoms. The van der Waals surface area contributed by atoms with Crippen molar-refractivity contribution in [1.29, 1.82) is 0 Å². The average molecular weight is 223 g/mol. The molecule has 1 fully saturated rings. The van der Waals surface area contributed by atoms with Crippen LogP contribution in [-0.4, -0.2) is 18.8 Å². The zero-order valence-corrected chi connectivity index (χ0v) is 9.24. The standard InChI is InChI=1S/C11H20F3N/c1-9(8-10-4-2-3-5-10)15-7-6-11(12,13)14/h9-10,15H,2-8H2,1H3. The van der Waals surface area contributed by atoms with Crippen LogP contribution in [0.15, 0.2) is 0 Å². The maximum Gasteiger partial charge on any atom is 0.390 e. The SMILES string of the molecule is CC(CC1CCCC1)NCCC(F)(F)F. The fraction of sp³-hybridized carbons (Fsp3) is 1.00. The van der Waals surface area contributed by atoms with Crippen molar-refractivity contribution in [2.75, 3.05) is 6.54 Å². The van der Waals surface area contributed by atoms with E-state index in [-0.39, 0.29) is 12.6 Å². The molecule has 15 heavy (non-hydrogen) atoms. The molecule has 1 atom stereocenters. The van der Waals surface area contributed by atoms with Crippen molar-refractivity contribution in [3.8, 4) is 0 Å². The van der Waals surface area contributed by atoms with Gasteiger partial charge in [0.15, 0.2) is 0 Å². The molecule has 1 rings (SSSR count). The van der Waals surface area contributed by atoms with Crippen LogP contribution in [0.25, 0.3) is 0 Å². The van der Waals surface area contributed by atoms with Crippen LogP contribution in [0, 0.1) is 5.92 Å². The van der Waals surface area contributed by atoms with E-state index in [9.17, 15) is 13.2 Å². The molecule has 0 heterocycles. The predicted molar refractivity (Wildman–Crippen MR) is 54.7 cm³/mol. The first-order chi connectivity index (χ1) is 6.97. The third-order valence-electron chi connectivity index (χ3n) is 3.06. The summed E-state index contributed by atoms with van der Waals surface area (Å²) in [5.74, 6) is 0.735. The molecule has 0 spiro atoms. The van der Waals surface area contributed by atoms with E-state index in [1.54, 1.807) is 0 Å². The maximum atomic E-state index is 11.9. The first-order valence-corrected chi connectivity index (χ1v) is 5.77. The smallest absolute Gasteiger partial charge is 0.314 e. The lowest BCUT2D eigenvalue weighted by atomic mass is 9.99. The number of alkyl halides is 3. The zero-order valence-electron chi connectivity index (χ0n) is 9.24. The van der Waals surface area contributed by atoms with Gasteiger partial charge in [0.25, 0.3) is 0 Å². The molecule has 90 valence electrons. The van der Waals surface area contributed by atoms with Gasteiger partial charge in [-0.3, -0.25) is 0 Å². The van der Waals surface area contributed by atoms with Gasteiger partial charge in [0.2, 0.25) is 0 Å². The molecule has 0 aromatic rings. The Morgan fingerprint density at radius 1 is 1.27 bits per heavy atom. The molecule has 1 unspecified atom stereocenters. The lowest BCUT2D eigenvalue weighted by Gasteiger charge is -2.18. The molecule has 1 nitrogen and oxygen atoms in total. The second-order valence-corrected chi connectivity index (χ2v) is 4.61. The summed E-state index contributed by atoms with van der Waals surface area (Å²) in [6, 6.07) is 0.218. The van der Waals surface area contributed by atoms with Gasteiger partial charge in [0, 0.05) is 12.6 Å². The molecule has 1 aliphatic carbocycles. The van der Waals surface area contributed by atoms with Crippen molar-refractivity contribution in [3.05, 3.63) is 0 Å². The lowest BCUT2D eigenvalue weighted by molar-refractivity contribution is -0.133. The molecule has 0 bridgehead atoms. The summed E-state index contributed by atoms with van der Waals surface area (Å²) in [5.41, 5.74) is 0. The normalized spacial score (nSPS) is 20.8. The Hall–Kier alpha value is -0.250. The Labute approximate surface area is 89.4 Å². The first kappa shape index (κ1) is 12.8. The topological polar surface area (TPSA) is 12.0 Å². The molecule has 0 aliphatic heterocycles. The van der Waals surface area contributed by atoms with Crippen LogP contribution >= 0.6 is 0 Å². The Kier molecular flexibility index (Phi) is 4.90. The van der Waals surface area contributed by atoms with Crippen molar-refractivity contribution < 1.29 is 13.2 Å². The third-order valence-corrected chi connectivity index (χ3v) is 3.06. The number of nitrogens with one attached hydrogen (secondary N) is 1. The monoisotopic (exact) mass is 223 g/mol. The summed E-state index contributed by atoms with van der Waals surface area (Å²) < 4.78 is 35.6. The average Bonchev–Trinajstić information content (AvgIpc) is 2.54. The van der Waals surface area contributed by atoms with E-state index in [0.29, 0.717) is 0 Å². The highest BCUT2D eigenvalue weighted by Crippen LogP contribution is 2.28. The summed E-state index contributed by atoms with van der Waals surface area (Å²) in [4.78, 5) is 0. The zero-order chi connectivity index (χ0) is 11.3.